The first-order chi connectivity index (χ1) is 16.0. The van der Waals surface area contributed by atoms with Gasteiger partial charge in [0.25, 0.3) is 0 Å². The van der Waals surface area contributed by atoms with Crippen LogP contribution in [0.25, 0.3) is 22.2 Å². The lowest BCUT2D eigenvalue weighted by atomic mass is 9.79. The van der Waals surface area contributed by atoms with E-state index in [0.29, 0.717) is 24.1 Å². The topological polar surface area (TPSA) is 108 Å². The zero-order valence-electron chi connectivity index (χ0n) is 18.7. The Morgan fingerprint density at radius 1 is 1.18 bits per heavy atom. The van der Waals surface area contributed by atoms with Crippen LogP contribution in [0.2, 0.25) is 0 Å². The number of carboxylic acid groups (broad SMARTS) is 1. The number of carbonyl (C=O) groups excluding carboxylic acids is 1. The fourth-order valence-electron chi connectivity index (χ4n) is 4.79. The van der Waals surface area contributed by atoms with Gasteiger partial charge in [0, 0.05) is 25.4 Å². The molecule has 2 aromatic heterocycles. The molecule has 1 saturated carbocycles. The number of hydrogen-bond donors (Lipinski definition) is 2. The number of piperidine rings is 1. The molecule has 1 aliphatic carbocycles. The molecule has 0 radical (unpaired) electrons. The van der Waals surface area contributed by atoms with Crippen LogP contribution in [-0.4, -0.2) is 56.8 Å². The number of rotatable bonds is 6. The molecule has 5 rings (SSSR count). The number of H-pyrrole nitrogens is 1. The Morgan fingerprint density at radius 2 is 1.97 bits per heavy atom. The zero-order chi connectivity index (χ0) is 22.9. The molecule has 3 aromatic rings. The molecule has 0 atom stereocenters. The third-order valence-electron chi connectivity index (χ3n) is 7.04. The molecule has 1 amide bonds. The molecule has 0 unspecified atom stereocenters. The summed E-state index contributed by atoms with van der Waals surface area (Å²) >= 11 is 0. The van der Waals surface area contributed by atoms with Crippen LogP contribution in [0.4, 0.5) is 0 Å². The Kier molecular flexibility index (Phi) is 5.74. The van der Waals surface area contributed by atoms with E-state index in [-0.39, 0.29) is 11.6 Å². The number of nitrogens with one attached hydrogen (secondary N) is 1. The first-order valence-corrected chi connectivity index (χ1v) is 11.6. The van der Waals surface area contributed by atoms with Gasteiger partial charge in [0.2, 0.25) is 5.91 Å². The molecule has 172 valence electrons. The van der Waals surface area contributed by atoms with Crippen LogP contribution in [-0.2, 0) is 4.79 Å². The number of aromatic carboxylic acids is 1. The quantitative estimate of drug-likeness (QED) is 0.584. The second-order valence-electron chi connectivity index (χ2n) is 9.13. The molecule has 1 aromatic carbocycles. The van der Waals surface area contributed by atoms with Gasteiger partial charge in [0.05, 0.1) is 12.8 Å². The number of aromatic amines is 1. The lowest BCUT2D eigenvalue weighted by molar-refractivity contribution is -0.130. The highest BCUT2D eigenvalue weighted by Gasteiger charge is 2.26. The second kappa shape index (κ2) is 8.84. The van der Waals surface area contributed by atoms with E-state index in [1.54, 1.807) is 19.2 Å². The van der Waals surface area contributed by atoms with Crippen LogP contribution in [0, 0.1) is 5.92 Å². The molecule has 2 fully saturated rings. The number of carboxylic acids is 1. The SMILES string of the molecule is CC(=O)N1CCC(COc2ccc(-c3cc(C(=O)O)nc4[nH]ncc34)cc2C2CCC2)CC1. The number of nitrogens with zero attached hydrogens (tertiary/aromatic N) is 3. The van der Waals surface area contributed by atoms with Crippen LogP contribution in [0.5, 0.6) is 5.75 Å². The first-order valence-electron chi connectivity index (χ1n) is 11.6. The molecule has 3 heterocycles. The van der Waals surface area contributed by atoms with Gasteiger partial charge < -0.3 is 14.7 Å². The molecular formula is C25H28N4O4. The largest absolute Gasteiger partial charge is 0.493 e. The number of ether oxygens (including phenoxy) is 1. The van der Waals surface area contributed by atoms with E-state index in [1.165, 1.54) is 12.0 Å². The number of fused-ring (bicyclic) bond motifs is 1. The maximum atomic E-state index is 11.6. The van der Waals surface area contributed by atoms with E-state index in [4.69, 9.17) is 4.74 Å². The lowest BCUT2D eigenvalue weighted by Crippen LogP contribution is -2.38. The number of hydrogen-bond acceptors (Lipinski definition) is 5. The molecule has 33 heavy (non-hydrogen) atoms. The van der Waals surface area contributed by atoms with Crippen molar-refractivity contribution in [1.29, 1.82) is 0 Å². The van der Waals surface area contributed by atoms with Crippen LogP contribution < -0.4 is 4.74 Å². The minimum Gasteiger partial charge on any atom is -0.493 e. The number of aromatic nitrogens is 3. The van der Waals surface area contributed by atoms with Gasteiger partial charge in [-0.2, -0.15) is 5.10 Å². The minimum absolute atomic E-state index is 0.0100. The number of carbonyl (C=O) groups is 2. The summed E-state index contributed by atoms with van der Waals surface area (Å²) in [5, 5.41) is 17.1. The fraction of sp³-hybridized carbons (Fsp3) is 0.440. The summed E-state index contributed by atoms with van der Waals surface area (Å²) in [6, 6.07) is 7.76. The van der Waals surface area contributed by atoms with Crippen molar-refractivity contribution in [2.24, 2.45) is 5.92 Å². The van der Waals surface area contributed by atoms with E-state index < -0.39 is 5.97 Å². The Labute approximate surface area is 192 Å². The molecule has 2 N–H and O–H groups in total. The van der Waals surface area contributed by atoms with Crippen molar-refractivity contribution in [3.63, 3.8) is 0 Å². The molecule has 1 saturated heterocycles. The summed E-state index contributed by atoms with van der Waals surface area (Å²) in [5.74, 6) is 0.890. The van der Waals surface area contributed by atoms with Crippen molar-refractivity contribution >= 4 is 22.9 Å². The van der Waals surface area contributed by atoms with Crippen molar-refractivity contribution in [3.05, 3.63) is 41.7 Å². The van der Waals surface area contributed by atoms with Crippen LogP contribution >= 0.6 is 0 Å². The monoisotopic (exact) mass is 448 g/mol. The standard InChI is InChI=1S/C25H28N4O4/c1-15(30)29-9-7-16(8-10-29)14-33-23-6-5-18(11-20(23)17-3-2-4-17)19-12-22(25(31)32)27-24-21(19)13-26-28-24/h5-6,11-13,16-17H,2-4,7-10,14H2,1H3,(H,31,32)(H,26,27,28). The predicted molar refractivity (Wildman–Crippen MR) is 123 cm³/mol. The van der Waals surface area contributed by atoms with Gasteiger partial charge in [-0.25, -0.2) is 9.78 Å². The summed E-state index contributed by atoms with van der Waals surface area (Å²) in [5.41, 5.74) is 3.38. The van der Waals surface area contributed by atoms with Gasteiger partial charge in [0.15, 0.2) is 11.3 Å². The van der Waals surface area contributed by atoms with Crippen LogP contribution in [0.15, 0.2) is 30.5 Å². The summed E-state index contributed by atoms with van der Waals surface area (Å²) in [7, 11) is 0. The molecule has 0 spiro atoms. The highest BCUT2D eigenvalue weighted by Crippen LogP contribution is 2.43. The van der Waals surface area contributed by atoms with Gasteiger partial charge in [-0.1, -0.05) is 12.5 Å². The van der Waals surface area contributed by atoms with Gasteiger partial charge >= 0.3 is 5.97 Å². The Bertz CT molecular complexity index is 1190. The predicted octanol–water partition coefficient (Wildman–Crippen LogP) is 4.23. The summed E-state index contributed by atoms with van der Waals surface area (Å²) in [6.07, 6.45) is 7.09. The van der Waals surface area contributed by atoms with Crippen LogP contribution in [0.3, 0.4) is 0 Å². The number of pyridine rings is 1. The van der Waals surface area contributed by atoms with E-state index in [2.05, 4.69) is 21.2 Å². The van der Waals surface area contributed by atoms with Crippen molar-refractivity contribution < 1.29 is 19.4 Å². The van der Waals surface area contributed by atoms with Gasteiger partial charge in [0.1, 0.15) is 5.75 Å². The van der Waals surface area contributed by atoms with Crippen molar-refractivity contribution in [2.75, 3.05) is 19.7 Å². The van der Waals surface area contributed by atoms with Gasteiger partial charge in [-0.05, 0) is 72.4 Å². The third kappa shape index (κ3) is 4.29. The average Bonchev–Trinajstić information content (AvgIpc) is 3.25. The second-order valence-corrected chi connectivity index (χ2v) is 9.13. The van der Waals surface area contributed by atoms with E-state index in [0.717, 1.165) is 61.0 Å². The van der Waals surface area contributed by atoms with E-state index in [1.807, 2.05) is 17.0 Å². The van der Waals surface area contributed by atoms with Crippen molar-refractivity contribution in [2.45, 2.75) is 44.9 Å². The smallest absolute Gasteiger partial charge is 0.354 e. The van der Waals surface area contributed by atoms with Gasteiger partial charge in [-0.15, -0.1) is 0 Å². The Morgan fingerprint density at radius 3 is 2.64 bits per heavy atom. The number of amides is 1. The number of likely N-dealkylation sites (tertiary alicyclic amines) is 1. The molecule has 1 aliphatic heterocycles. The summed E-state index contributed by atoms with van der Waals surface area (Å²) < 4.78 is 6.33. The van der Waals surface area contributed by atoms with Crippen molar-refractivity contribution in [3.8, 4) is 16.9 Å². The molecule has 8 nitrogen and oxygen atoms in total. The fourth-order valence-corrected chi connectivity index (χ4v) is 4.79. The van der Waals surface area contributed by atoms with E-state index in [9.17, 15) is 14.7 Å². The molecule has 0 bridgehead atoms. The third-order valence-corrected chi connectivity index (χ3v) is 7.04. The first kappa shape index (κ1) is 21.4. The van der Waals surface area contributed by atoms with E-state index >= 15 is 0 Å². The summed E-state index contributed by atoms with van der Waals surface area (Å²) in [4.78, 5) is 29.2. The number of benzene rings is 1. The molecular weight excluding hydrogens is 420 g/mol. The van der Waals surface area contributed by atoms with Gasteiger partial charge in [-0.3, -0.25) is 9.89 Å². The lowest BCUT2D eigenvalue weighted by Gasteiger charge is -2.32. The molecule has 8 heteroatoms. The Balaban J connectivity index is 1.41. The zero-order valence-corrected chi connectivity index (χ0v) is 18.7. The Hall–Kier alpha value is -3.42. The maximum absolute atomic E-state index is 11.6. The highest BCUT2D eigenvalue weighted by molar-refractivity contribution is 5.97. The average molecular weight is 449 g/mol. The highest BCUT2D eigenvalue weighted by atomic mass is 16.5. The molecule has 2 aliphatic rings. The van der Waals surface area contributed by atoms with Crippen molar-refractivity contribution in [1.82, 2.24) is 20.1 Å². The maximum Gasteiger partial charge on any atom is 0.354 e. The normalized spacial score (nSPS) is 17.2. The minimum atomic E-state index is -1.07. The summed E-state index contributed by atoms with van der Waals surface area (Å²) in [6.45, 7) is 3.87. The van der Waals surface area contributed by atoms with Crippen LogP contribution in [0.1, 0.15) is 61.0 Å².